The highest BCUT2D eigenvalue weighted by molar-refractivity contribution is 5.86. The fraction of sp³-hybridized carbons (Fsp3) is 0.391. The van der Waals surface area contributed by atoms with E-state index in [9.17, 15) is 0 Å². The molecule has 8 fully saturated rings. The lowest BCUT2D eigenvalue weighted by atomic mass is 9.48. The number of aryl methyl sites for hydroxylation is 4. The quantitative estimate of drug-likeness (QED) is 0.150. The van der Waals surface area contributed by atoms with Crippen LogP contribution in [0.25, 0.3) is 11.1 Å². The van der Waals surface area contributed by atoms with Crippen molar-refractivity contribution in [1.82, 2.24) is 0 Å². The van der Waals surface area contributed by atoms with Gasteiger partial charge < -0.3 is 9.80 Å². The van der Waals surface area contributed by atoms with Gasteiger partial charge in [0.25, 0.3) is 0 Å². The number of hydrogen-bond donors (Lipinski definition) is 0. The smallest absolute Gasteiger partial charge is 0.0496 e. The molecule has 0 radical (unpaired) electrons. The van der Waals surface area contributed by atoms with Gasteiger partial charge in [-0.05, 0) is 265 Å². The highest BCUT2D eigenvalue weighted by Crippen LogP contribution is 2.62. The fourth-order valence-electron chi connectivity index (χ4n) is 18.0. The van der Waals surface area contributed by atoms with Crippen LogP contribution in [0.15, 0.2) is 158 Å². The standard InChI is InChI=1S/C69H70N2/c1-67(2)63-11-7-6-10-61(63)62-29-28-60(38-64(62)67)71(59-26-22-56(23-27-59)69-42-50-33-51(43-69)35-52(34-50)44-69)66-37-46-13-17-53-16-12-45(14-18-54(66)19-15-46)36-65(53)70(57-8-4-3-5-9-57)58-24-20-55(21-25-58)68-39-47-30-48(40-68)32-49(31-47)41-68/h3-12,15-16,19-29,36-38,47-52H,13-14,17-18,30-35,39-44H2,1-2H3. The molecule has 7 aromatic rings. The Labute approximate surface area is 423 Å². The van der Waals surface area contributed by atoms with Crippen molar-refractivity contribution in [3.05, 3.63) is 202 Å². The van der Waals surface area contributed by atoms with E-state index in [1.807, 2.05) is 0 Å². The van der Waals surface area contributed by atoms with E-state index in [-0.39, 0.29) is 5.41 Å². The van der Waals surface area contributed by atoms with E-state index in [0.717, 1.165) is 61.2 Å². The lowest BCUT2D eigenvalue weighted by Gasteiger charge is -2.57. The number of para-hydroxylation sites is 1. The Balaban J connectivity index is 0.798. The molecule has 8 saturated carbocycles. The van der Waals surface area contributed by atoms with E-state index in [1.54, 1.807) is 11.1 Å². The van der Waals surface area contributed by atoms with Crippen LogP contribution in [0.4, 0.5) is 34.1 Å². The summed E-state index contributed by atoms with van der Waals surface area (Å²) in [5.41, 5.74) is 22.8. The molecule has 71 heavy (non-hydrogen) atoms. The lowest BCUT2D eigenvalue weighted by molar-refractivity contribution is -0.00530. The van der Waals surface area contributed by atoms with Gasteiger partial charge in [-0.25, -0.2) is 0 Å². The first kappa shape index (κ1) is 42.8. The van der Waals surface area contributed by atoms with Gasteiger partial charge in [0.2, 0.25) is 0 Å². The first-order valence-electron chi connectivity index (χ1n) is 28.1. The summed E-state index contributed by atoms with van der Waals surface area (Å²) in [5, 5.41) is 0. The van der Waals surface area contributed by atoms with E-state index in [0.29, 0.717) is 10.8 Å². The molecule has 0 N–H and O–H groups in total. The van der Waals surface area contributed by atoms with E-state index in [1.165, 1.54) is 156 Å². The summed E-state index contributed by atoms with van der Waals surface area (Å²) in [5.74, 6) is 5.64. The molecule has 0 amide bonds. The summed E-state index contributed by atoms with van der Waals surface area (Å²) in [6, 6.07) is 62.7. The van der Waals surface area contributed by atoms with Crippen LogP contribution < -0.4 is 9.80 Å². The first-order valence-corrected chi connectivity index (χ1v) is 28.1. The van der Waals surface area contributed by atoms with Crippen LogP contribution >= 0.6 is 0 Å². The number of anilines is 6. The summed E-state index contributed by atoms with van der Waals surface area (Å²) >= 11 is 0. The summed E-state index contributed by atoms with van der Waals surface area (Å²) < 4.78 is 0. The molecule has 0 heterocycles. The normalized spacial score (nSPS) is 28.9. The second-order valence-corrected chi connectivity index (χ2v) is 25.3. The van der Waals surface area contributed by atoms with Gasteiger partial charge in [-0.1, -0.05) is 111 Å². The van der Waals surface area contributed by atoms with E-state index >= 15 is 0 Å². The van der Waals surface area contributed by atoms with Gasteiger partial charge in [-0.15, -0.1) is 0 Å². The van der Waals surface area contributed by atoms with Crippen molar-refractivity contribution >= 4 is 34.1 Å². The molecule has 0 saturated heterocycles. The van der Waals surface area contributed by atoms with Crippen LogP contribution in [-0.4, -0.2) is 0 Å². The summed E-state index contributed by atoms with van der Waals surface area (Å²) in [6.45, 7) is 4.85. The van der Waals surface area contributed by atoms with E-state index < -0.39 is 0 Å². The van der Waals surface area contributed by atoms with Crippen LogP contribution in [-0.2, 0) is 41.9 Å². The van der Waals surface area contributed by atoms with Gasteiger partial charge in [0.05, 0.1) is 0 Å². The Bertz CT molecular complexity index is 3120. The molecule has 2 heteroatoms. The minimum absolute atomic E-state index is 0.0781. The second-order valence-electron chi connectivity index (χ2n) is 25.3. The predicted molar refractivity (Wildman–Crippen MR) is 294 cm³/mol. The Morgan fingerprint density at radius 1 is 0.352 bits per heavy atom. The third kappa shape index (κ3) is 7.00. The largest absolute Gasteiger partial charge is 0.310 e. The van der Waals surface area contributed by atoms with Crippen LogP contribution in [0.5, 0.6) is 0 Å². The Morgan fingerprint density at radius 3 is 1.25 bits per heavy atom. The zero-order chi connectivity index (χ0) is 47.1. The molecule has 0 spiro atoms. The molecule has 0 atom stereocenters. The van der Waals surface area contributed by atoms with Crippen molar-refractivity contribution in [1.29, 1.82) is 0 Å². The number of hydrogen-bond acceptors (Lipinski definition) is 2. The van der Waals surface area contributed by atoms with Crippen molar-refractivity contribution in [3.63, 3.8) is 0 Å². The summed E-state index contributed by atoms with van der Waals surface area (Å²) in [7, 11) is 0. The maximum absolute atomic E-state index is 2.64. The third-order valence-corrected chi connectivity index (χ3v) is 20.5. The Hall–Kier alpha value is -5.86. The summed E-state index contributed by atoms with van der Waals surface area (Å²) in [4.78, 5) is 5.22. The van der Waals surface area contributed by atoms with Crippen molar-refractivity contribution < 1.29 is 0 Å². The van der Waals surface area contributed by atoms with Crippen molar-refractivity contribution in [2.24, 2.45) is 35.5 Å². The van der Waals surface area contributed by atoms with Gasteiger partial charge in [-0.3, -0.25) is 0 Å². The van der Waals surface area contributed by atoms with Crippen LogP contribution in [0.3, 0.4) is 0 Å². The molecule has 7 aromatic carbocycles. The minimum atomic E-state index is -0.0781. The molecular formula is C69H70N2. The second kappa shape index (κ2) is 16.1. The molecule has 20 rings (SSSR count). The summed E-state index contributed by atoms with van der Waals surface area (Å²) in [6.07, 6.45) is 21.2. The zero-order valence-electron chi connectivity index (χ0n) is 42.2. The van der Waals surface area contributed by atoms with Gasteiger partial charge in [0.15, 0.2) is 0 Å². The van der Waals surface area contributed by atoms with Gasteiger partial charge in [-0.2, -0.15) is 0 Å². The number of benzene rings is 7. The average Bonchev–Trinajstić information content (AvgIpc) is 3.60. The predicted octanol–water partition coefficient (Wildman–Crippen LogP) is 17.8. The van der Waals surface area contributed by atoms with Crippen LogP contribution in [0.1, 0.15) is 135 Å². The molecule has 13 aliphatic rings. The molecule has 0 aromatic heterocycles. The van der Waals surface area contributed by atoms with Gasteiger partial charge in [0, 0.05) is 39.5 Å². The number of nitrogens with zero attached hydrogens (tertiary/aromatic N) is 2. The van der Waals surface area contributed by atoms with Crippen molar-refractivity contribution in [2.45, 2.75) is 133 Å². The molecule has 0 aliphatic heterocycles. The van der Waals surface area contributed by atoms with Crippen molar-refractivity contribution in [2.75, 3.05) is 9.80 Å². The highest BCUT2D eigenvalue weighted by Gasteiger charge is 2.53. The maximum atomic E-state index is 2.64. The van der Waals surface area contributed by atoms with Crippen LogP contribution in [0.2, 0.25) is 0 Å². The topological polar surface area (TPSA) is 6.48 Å². The monoisotopic (exact) mass is 927 g/mol. The fourth-order valence-corrected chi connectivity index (χ4v) is 18.0. The molecule has 2 nitrogen and oxygen atoms in total. The molecule has 356 valence electrons. The van der Waals surface area contributed by atoms with Crippen LogP contribution in [0, 0.1) is 35.5 Å². The number of rotatable bonds is 8. The van der Waals surface area contributed by atoms with Gasteiger partial charge in [0.1, 0.15) is 0 Å². The Kier molecular flexibility index (Phi) is 9.68. The molecule has 0 unspecified atom stereocenters. The molecule has 13 aliphatic carbocycles. The first-order chi connectivity index (χ1) is 34.7. The third-order valence-electron chi connectivity index (χ3n) is 20.5. The zero-order valence-corrected chi connectivity index (χ0v) is 42.2. The highest BCUT2D eigenvalue weighted by atomic mass is 15.2. The lowest BCUT2D eigenvalue weighted by Crippen LogP contribution is -2.48. The molecule has 12 bridgehead atoms. The Morgan fingerprint density at radius 2 is 0.761 bits per heavy atom. The number of fused-ring (bicyclic) bond motifs is 3. The average molecular weight is 927 g/mol. The SMILES string of the molecule is CC1(C)c2ccccc2-c2ccc(N(c3ccc(C45CC6CC(CC(C6)C4)C5)cc3)c3cc4ccc3CCc3ccc(c(N(c5ccccc5)c5ccc(C67CC8CC(CC(C8)C6)C7)cc5)c3)CC4)cc21. The maximum Gasteiger partial charge on any atom is 0.0496 e. The minimum Gasteiger partial charge on any atom is -0.310 e. The van der Waals surface area contributed by atoms with E-state index in [2.05, 4.69) is 181 Å². The molecular weight excluding hydrogens is 857 g/mol. The van der Waals surface area contributed by atoms with Gasteiger partial charge >= 0.3 is 0 Å². The van der Waals surface area contributed by atoms with E-state index in [4.69, 9.17) is 0 Å². The van der Waals surface area contributed by atoms with Crippen molar-refractivity contribution in [3.8, 4) is 11.1 Å².